The van der Waals surface area contributed by atoms with Gasteiger partial charge in [0.05, 0.1) is 24.3 Å². The van der Waals surface area contributed by atoms with Gasteiger partial charge >= 0.3 is 0 Å². The molecular weight excluding hydrogens is 368 g/mol. The van der Waals surface area contributed by atoms with Gasteiger partial charge in [-0.3, -0.25) is 9.59 Å². The van der Waals surface area contributed by atoms with Crippen molar-refractivity contribution in [2.75, 3.05) is 30.5 Å². The van der Waals surface area contributed by atoms with Crippen LogP contribution in [-0.4, -0.2) is 56.3 Å². The summed E-state index contributed by atoms with van der Waals surface area (Å²) in [6.07, 6.45) is 0.0334. The van der Waals surface area contributed by atoms with Crippen LogP contribution in [0.5, 0.6) is 5.75 Å². The third-order valence-corrected chi connectivity index (χ3v) is 6.04. The zero-order valence-electron chi connectivity index (χ0n) is 14.1. The largest absolute Gasteiger partial charge is 0.495 e. The van der Waals surface area contributed by atoms with E-state index in [4.69, 9.17) is 16.3 Å². The molecule has 0 aromatic heterocycles. The van der Waals surface area contributed by atoms with Gasteiger partial charge in [0.1, 0.15) is 12.2 Å². The second-order valence-corrected chi connectivity index (χ2v) is 8.47. The van der Waals surface area contributed by atoms with Crippen LogP contribution < -0.4 is 10.1 Å². The molecule has 0 spiro atoms. The summed E-state index contributed by atoms with van der Waals surface area (Å²) in [5.74, 6) is -0.448. The van der Waals surface area contributed by atoms with Gasteiger partial charge in [0.2, 0.25) is 11.8 Å². The van der Waals surface area contributed by atoms with Gasteiger partial charge < -0.3 is 15.0 Å². The number of amides is 2. The Hall–Kier alpha value is -1.80. The number of hydrogen-bond acceptors (Lipinski definition) is 5. The lowest BCUT2D eigenvalue weighted by atomic mass is 10.2. The van der Waals surface area contributed by atoms with Crippen molar-refractivity contribution in [2.24, 2.45) is 0 Å². The molecule has 9 heteroatoms. The number of methoxy groups -OCH3 is 1. The maximum Gasteiger partial charge on any atom is 0.233 e. The van der Waals surface area contributed by atoms with Gasteiger partial charge in [-0.1, -0.05) is 11.6 Å². The molecule has 1 unspecified atom stereocenters. The molecule has 0 aliphatic carbocycles. The molecule has 1 saturated heterocycles. The molecule has 1 fully saturated rings. The lowest BCUT2D eigenvalue weighted by molar-refractivity contribution is -0.135. The first-order chi connectivity index (χ1) is 11.8. The third-order valence-electron chi connectivity index (χ3n) is 4.06. The van der Waals surface area contributed by atoms with E-state index in [1.165, 1.54) is 18.1 Å². The highest BCUT2D eigenvalue weighted by Crippen LogP contribution is 2.28. The minimum Gasteiger partial charge on any atom is -0.495 e. The molecular formula is C16H21ClN2O5S. The Morgan fingerprint density at radius 3 is 2.68 bits per heavy atom. The fourth-order valence-electron chi connectivity index (χ4n) is 2.87. The van der Waals surface area contributed by atoms with E-state index in [0.717, 1.165) is 0 Å². The molecule has 1 aromatic rings. The second kappa shape index (κ2) is 8.05. The fourth-order valence-corrected chi connectivity index (χ4v) is 4.77. The van der Waals surface area contributed by atoms with E-state index in [9.17, 15) is 18.0 Å². The molecule has 1 heterocycles. The number of sulfone groups is 1. The van der Waals surface area contributed by atoms with Crippen LogP contribution in [0.1, 0.15) is 19.8 Å². The summed E-state index contributed by atoms with van der Waals surface area (Å²) in [4.78, 5) is 26.1. The van der Waals surface area contributed by atoms with Gasteiger partial charge in [-0.15, -0.1) is 0 Å². The van der Waals surface area contributed by atoms with Gasteiger partial charge in [0.25, 0.3) is 0 Å². The van der Waals surface area contributed by atoms with Crippen LogP contribution in [-0.2, 0) is 19.4 Å². The number of anilines is 1. The van der Waals surface area contributed by atoms with Gasteiger partial charge in [-0.2, -0.15) is 0 Å². The Balaban J connectivity index is 2.02. The molecule has 2 amide bonds. The van der Waals surface area contributed by atoms with Crippen LogP contribution in [0.3, 0.4) is 0 Å². The Morgan fingerprint density at radius 1 is 1.40 bits per heavy atom. The van der Waals surface area contributed by atoms with Crippen molar-refractivity contribution in [1.29, 1.82) is 0 Å². The minimum atomic E-state index is -3.10. The Morgan fingerprint density at radius 2 is 2.12 bits per heavy atom. The van der Waals surface area contributed by atoms with Crippen molar-refractivity contribution in [3.8, 4) is 5.75 Å². The number of ether oxygens (including phenoxy) is 1. The van der Waals surface area contributed by atoms with Crippen molar-refractivity contribution < 1.29 is 22.7 Å². The molecule has 1 aliphatic heterocycles. The molecule has 0 bridgehead atoms. The predicted octanol–water partition coefficient (Wildman–Crippen LogP) is 1.71. The van der Waals surface area contributed by atoms with Crippen molar-refractivity contribution in [2.45, 2.75) is 25.8 Å². The van der Waals surface area contributed by atoms with E-state index in [1.807, 2.05) is 0 Å². The van der Waals surface area contributed by atoms with Crippen LogP contribution in [0.25, 0.3) is 0 Å². The maximum absolute atomic E-state index is 12.4. The first kappa shape index (κ1) is 19.5. The molecule has 7 nitrogen and oxygen atoms in total. The summed E-state index contributed by atoms with van der Waals surface area (Å²) in [5, 5.41) is 3.03. The summed E-state index contributed by atoms with van der Waals surface area (Å²) < 4.78 is 28.4. The van der Waals surface area contributed by atoms with Crippen molar-refractivity contribution in [3.05, 3.63) is 23.2 Å². The summed E-state index contributed by atoms with van der Waals surface area (Å²) in [6.45, 7) is 2.12. The van der Waals surface area contributed by atoms with Gasteiger partial charge in [-0.05, 0) is 31.5 Å². The zero-order valence-corrected chi connectivity index (χ0v) is 15.7. The average Bonchev–Trinajstić information content (AvgIpc) is 2.88. The van der Waals surface area contributed by atoms with E-state index in [-0.39, 0.29) is 24.0 Å². The van der Waals surface area contributed by atoms with Crippen LogP contribution >= 0.6 is 11.6 Å². The normalized spacial score (nSPS) is 18.6. The van der Waals surface area contributed by atoms with E-state index in [2.05, 4.69) is 5.32 Å². The van der Waals surface area contributed by atoms with Crippen LogP contribution in [0.2, 0.25) is 5.02 Å². The molecule has 25 heavy (non-hydrogen) atoms. The monoisotopic (exact) mass is 388 g/mol. The maximum atomic E-state index is 12.4. The Kier molecular flexibility index (Phi) is 6.29. The average molecular weight is 389 g/mol. The number of hydrogen-bond donors (Lipinski definition) is 1. The highest BCUT2D eigenvalue weighted by atomic mass is 35.5. The second-order valence-electron chi connectivity index (χ2n) is 5.81. The zero-order chi connectivity index (χ0) is 18.6. The SMILES string of the molecule is CCN(C(=O)CC(=O)Nc1cc(Cl)ccc1OC)C1CCS(=O)(=O)C1. The summed E-state index contributed by atoms with van der Waals surface area (Å²) in [5.41, 5.74) is 0.374. The van der Waals surface area contributed by atoms with Gasteiger partial charge in [0.15, 0.2) is 9.84 Å². The smallest absolute Gasteiger partial charge is 0.233 e. The van der Waals surface area contributed by atoms with E-state index >= 15 is 0 Å². The lowest BCUT2D eigenvalue weighted by Gasteiger charge is -2.26. The highest BCUT2D eigenvalue weighted by molar-refractivity contribution is 7.91. The van der Waals surface area contributed by atoms with Gasteiger partial charge in [0, 0.05) is 17.6 Å². The first-order valence-electron chi connectivity index (χ1n) is 7.89. The quantitative estimate of drug-likeness (QED) is 0.749. The lowest BCUT2D eigenvalue weighted by Crippen LogP contribution is -2.42. The molecule has 1 atom stereocenters. The first-order valence-corrected chi connectivity index (χ1v) is 10.1. The Bertz CT molecular complexity index is 766. The molecule has 0 radical (unpaired) electrons. The van der Waals surface area contributed by atoms with Crippen LogP contribution in [0.15, 0.2) is 18.2 Å². The summed E-state index contributed by atoms with van der Waals surface area (Å²) in [6, 6.07) is 4.40. The molecule has 138 valence electrons. The predicted molar refractivity (Wildman–Crippen MR) is 95.7 cm³/mol. The van der Waals surface area contributed by atoms with Crippen molar-refractivity contribution in [3.63, 3.8) is 0 Å². The van der Waals surface area contributed by atoms with E-state index in [1.54, 1.807) is 19.1 Å². The molecule has 1 N–H and O–H groups in total. The number of carbonyl (C=O) groups is 2. The third kappa shape index (κ3) is 5.09. The van der Waals surface area contributed by atoms with E-state index in [0.29, 0.717) is 29.4 Å². The topological polar surface area (TPSA) is 92.8 Å². The summed E-state index contributed by atoms with van der Waals surface area (Å²) in [7, 11) is -1.64. The number of nitrogens with one attached hydrogen (secondary N) is 1. The Labute approximate surface area is 152 Å². The van der Waals surface area contributed by atoms with Crippen LogP contribution in [0.4, 0.5) is 5.69 Å². The van der Waals surface area contributed by atoms with Gasteiger partial charge in [-0.25, -0.2) is 8.42 Å². The number of nitrogens with zero attached hydrogens (tertiary/aromatic N) is 1. The number of rotatable bonds is 6. The van der Waals surface area contributed by atoms with E-state index < -0.39 is 21.7 Å². The molecule has 2 rings (SSSR count). The molecule has 1 aliphatic rings. The van der Waals surface area contributed by atoms with Crippen molar-refractivity contribution in [1.82, 2.24) is 4.90 Å². The number of halogens is 1. The van der Waals surface area contributed by atoms with Crippen molar-refractivity contribution >= 4 is 38.9 Å². The highest BCUT2D eigenvalue weighted by Gasteiger charge is 2.34. The molecule has 1 aromatic carbocycles. The fraction of sp³-hybridized carbons (Fsp3) is 0.500. The summed E-state index contributed by atoms with van der Waals surface area (Å²) >= 11 is 5.91. The number of benzene rings is 1. The molecule has 0 saturated carbocycles. The number of carbonyl (C=O) groups excluding carboxylic acids is 2. The standard InChI is InChI=1S/C16H21ClN2O5S/c1-3-19(12-6-7-25(22,23)10-12)16(21)9-15(20)18-13-8-11(17)4-5-14(13)24-2/h4-5,8,12H,3,6-7,9-10H2,1-2H3,(H,18,20). The van der Waals surface area contributed by atoms with Crippen LogP contribution in [0, 0.1) is 0 Å². The minimum absolute atomic E-state index is 0.0453.